The van der Waals surface area contributed by atoms with Gasteiger partial charge in [-0.2, -0.15) is 0 Å². The summed E-state index contributed by atoms with van der Waals surface area (Å²) in [6, 6.07) is 7.30. The van der Waals surface area contributed by atoms with Gasteiger partial charge in [0, 0.05) is 16.6 Å². The van der Waals surface area contributed by atoms with Crippen LogP contribution in [0.3, 0.4) is 0 Å². The first-order valence-electron chi connectivity index (χ1n) is 8.05. The topological polar surface area (TPSA) is 84.2 Å². The van der Waals surface area contributed by atoms with Gasteiger partial charge in [-0.3, -0.25) is 9.59 Å². The molecule has 0 heterocycles. The van der Waals surface area contributed by atoms with Crippen LogP contribution in [0.5, 0.6) is 0 Å². The number of halogens is 2. The van der Waals surface area contributed by atoms with Crippen molar-refractivity contribution in [2.45, 2.75) is 38.5 Å². The summed E-state index contributed by atoms with van der Waals surface area (Å²) < 4.78 is 0.948. The summed E-state index contributed by atoms with van der Waals surface area (Å²) in [5, 5.41) is 5.46. The molecule has 1 fully saturated rings. The summed E-state index contributed by atoms with van der Waals surface area (Å²) in [5.41, 5.74) is 6.52. The Morgan fingerprint density at radius 1 is 1.08 bits per heavy atom. The second-order valence-corrected chi connectivity index (χ2v) is 7.19. The second kappa shape index (κ2) is 10.0. The van der Waals surface area contributed by atoms with Gasteiger partial charge in [0.25, 0.3) is 0 Å². The van der Waals surface area contributed by atoms with Crippen LogP contribution in [-0.2, 0) is 9.59 Å². The molecule has 0 bridgehead atoms. The summed E-state index contributed by atoms with van der Waals surface area (Å²) >= 11 is 3.34. The minimum Gasteiger partial charge on any atom is -0.347 e. The molecule has 1 saturated carbocycles. The van der Waals surface area contributed by atoms with Crippen LogP contribution in [-0.4, -0.2) is 24.9 Å². The number of hydrogen-bond donors (Lipinski definition) is 3. The van der Waals surface area contributed by atoms with Crippen molar-refractivity contribution < 1.29 is 9.59 Å². The van der Waals surface area contributed by atoms with Crippen molar-refractivity contribution >= 4 is 45.8 Å². The molecule has 134 valence electrons. The van der Waals surface area contributed by atoms with Gasteiger partial charge in [0.1, 0.15) is 0 Å². The lowest BCUT2D eigenvalue weighted by Gasteiger charge is -2.35. The molecule has 0 unspecified atom stereocenters. The molecule has 0 aliphatic heterocycles. The molecule has 0 saturated heterocycles. The Morgan fingerprint density at radius 3 is 2.29 bits per heavy atom. The predicted octanol–water partition coefficient (Wildman–Crippen LogP) is 3.22. The molecule has 1 aromatic rings. The van der Waals surface area contributed by atoms with Crippen LogP contribution < -0.4 is 16.4 Å². The number of benzene rings is 1. The van der Waals surface area contributed by atoms with Crippen molar-refractivity contribution in [2.24, 2.45) is 11.1 Å². The summed E-state index contributed by atoms with van der Waals surface area (Å²) in [4.78, 5) is 24.0. The van der Waals surface area contributed by atoms with Gasteiger partial charge in [0.15, 0.2) is 0 Å². The standard InChI is InChI=1S/C17H24BrN3O2.ClH/c18-13-4-6-14(7-5-13)21-16(23)11-20-15(22)10-17(12-19)8-2-1-3-9-17;/h4-7H,1-3,8-12,19H2,(H,20,22)(H,21,23);1H. The zero-order chi connectivity index (χ0) is 16.7. The van der Waals surface area contributed by atoms with Crippen LogP contribution in [0, 0.1) is 5.41 Å². The van der Waals surface area contributed by atoms with E-state index in [0.717, 1.165) is 30.2 Å². The zero-order valence-electron chi connectivity index (χ0n) is 13.6. The van der Waals surface area contributed by atoms with E-state index < -0.39 is 0 Å². The molecule has 1 aromatic carbocycles. The number of anilines is 1. The van der Waals surface area contributed by atoms with Gasteiger partial charge in [-0.15, -0.1) is 12.4 Å². The summed E-state index contributed by atoms with van der Waals surface area (Å²) in [6.45, 7) is 0.515. The van der Waals surface area contributed by atoms with E-state index in [2.05, 4.69) is 26.6 Å². The normalized spacial score (nSPS) is 15.9. The van der Waals surface area contributed by atoms with Crippen LogP contribution in [0.1, 0.15) is 38.5 Å². The minimum absolute atomic E-state index is 0. The monoisotopic (exact) mass is 417 g/mol. The largest absolute Gasteiger partial charge is 0.347 e. The van der Waals surface area contributed by atoms with Gasteiger partial charge >= 0.3 is 0 Å². The van der Waals surface area contributed by atoms with Crippen LogP contribution >= 0.6 is 28.3 Å². The number of nitrogens with two attached hydrogens (primary N) is 1. The Bertz CT molecular complexity index is 545. The maximum atomic E-state index is 12.1. The molecule has 4 N–H and O–H groups in total. The summed E-state index contributed by atoms with van der Waals surface area (Å²) in [7, 11) is 0. The third-order valence-corrected chi connectivity index (χ3v) is 4.99. The number of carbonyl (C=O) groups excluding carboxylic acids is 2. The number of amides is 2. The molecule has 1 aliphatic rings. The van der Waals surface area contributed by atoms with Crippen molar-refractivity contribution in [3.8, 4) is 0 Å². The van der Waals surface area contributed by atoms with Gasteiger partial charge in [0.2, 0.25) is 11.8 Å². The van der Waals surface area contributed by atoms with Gasteiger partial charge in [0.05, 0.1) is 6.54 Å². The van der Waals surface area contributed by atoms with E-state index in [-0.39, 0.29) is 36.2 Å². The maximum absolute atomic E-state index is 12.1. The highest BCUT2D eigenvalue weighted by Crippen LogP contribution is 2.38. The highest BCUT2D eigenvalue weighted by molar-refractivity contribution is 9.10. The van der Waals surface area contributed by atoms with E-state index in [0.29, 0.717) is 18.7 Å². The van der Waals surface area contributed by atoms with Crippen molar-refractivity contribution in [2.75, 3.05) is 18.4 Å². The smallest absolute Gasteiger partial charge is 0.243 e. The third kappa shape index (κ3) is 6.42. The molecular formula is C17H25BrClN3O2. The Morgan fingerprint density at radius 2 is 1.71 bits per heavy atom. The Balaban J connectivity index is 0.00000288. The van der Waals surface area contributed by atoms with Gasteiger partial charge in [-0.1, -0.05) is 35.2 Å². The Kier molecular flexibility index (Phi) is 8.73. The van der Waals surface area contributed by atoms with Gasteiger partial charge in [-0.25, -0.2) is 0 Å². The fourth-order valence-corrected chi connectivity index (χ4v) is 3.34. The van der Waals surface area contributed by atoms with Gasteiger partial charge in [-0.05, 0) is 49.1 Å². The molecule has 0 spiro atoms. The molecular weight excluding hydrogens is 394 g/mol. The van der Waals surface area contributed by atoms with E-state index in [4.69, 9.17) is 5.73 Å². The fraction of sp³-hybridized carbons (Fsp3) is 0.529. The quantitative estimate of drug-likeness (QED) is 0.663. The van der Waals surface area contributed by atoms with Crippen molar-refractivity contribution in [1.29, 1.82) is 0 Å². The highest BCUT2D eigenvalue weighted by Gasteiger charge is 2.32. The molecule has 24 heavy (non-hydrogen) atoms. The lowest BCUT2D eigenvalue weighted by atomic mass is 9.71. The average molecular weight is 419 g/mol. The molecule has 7 heteroatoms. The first kappa shape index (κ1) is 20.9. The van der Waals surface area contributed by atoms with E-state index in [1.54, 1.807) is 12.1 Å². The first-order chi connectivity index (χ1) is 11.0. The first-order valence-corrected chi connectivity index (χ1v) is 8.84. The van der Waals surface area contributed by atoms with Crippen molar-refractivity contribution in [1.82, 2.24) is 5.32 Å². The molecule has 5 nitrogen and oxygen atoms in total. The Labute approximate surface area is 157 Å². The summed E-state index contributed by atoms with van der Waals surface area (Å²) in [6.07, 6.45) is 5.90. The number of rotatable bonds is 6. The SMILES string of the molecule is Cl.NCC1(CC(=O)NCC(=O)Nc2ccc(Br)cc2)CCCCC1. The minimum atomic E-state index is -0.230. The van der Waals surface area contributed by atoms with Crippen LogP contribution in [0.25, 0.3) is 0 Å². The van der Waals surface area contributed by atoms with E-state index in [9.17, 15) is 9.59 Å². The number of carbonyl (C=O) groups is 2. The molecule has 2 rings (SSSR count). The second-order valence-electron chi connectivity index (χ2n) is 6.27. The van der Waals surface area contributed by atoms with E-state index in [1.165, 1.54) is 6.42 Å². The molecule has 2 amide bonds. The van der Waals surface area contributed by atoms with Crippen molar-refractivity contribution in [3.63, 3.8) is 0 Å². The molecule has 1 aliphatic carbocycles. The van der Waals surface area contributed by atoms with Crippen LogP contribution in [0.2, 0.25) is 0 Å². The van der Waals surface area contributed by atoms with E-state index in [1.807, 2.05) is 12.1 Å². The van der Waals surface area contributed by atoms with Crippen molar-refractivity contribution in [3.05, 3.63) is 28.7 Å². The highest BCUT2D eigenvalue weighted by atomic mass is 79.9. The van der Waals surface area contributed by atoms with E-state index >= 15 is 0 Å². The lowest BCUT2D eigenvalue weighted by molar-refractivity contribution is -0.126. The van der Waals surface area contributed by atoms with Gasteiger partial charge < -0.3 is 16.4 Å². The Hall–Kier alpha value is -1.11. The maximum Gasteiger partial charge on any atom is 0.243 e. The molecule has 0 radical (unpaired) electrons. The molecule has 0 atom stereocenters. The summed E-state index contributed by atoms with van der Waals surface area (Å²) in [5.74, 6) is -0.325. The average Bonchev–Trinajstić information content (AvgIpc) is 2.56. The number of hydrogen-bond acceptors (Lipinski definition) is 3. The van der Waals surface area contributed by atoms with Crippen LogP contribution in [0.15, 0.2) is 28.7 Å². The predicted molar refractivity (Wildman–Crippen MR) is 102 cm³/mol. The van der Waals surface area contributed by atoms with Crippen LogP contribution in [0.4, 0.5) is 5.69 Å². The fourth-order valence-electron chi connectivity index (χ4n) is 3.08. The lowest BCUT2D eigenvalue weighted by Crippen LogP contribution is -2.40. The third-order valence-electron chi connectivity index (χ3n) is 4.46. The zero-order valence-corrected chi connectivity index (χ0v) is 16.0. The number of nitrogens with one attached hydrogen (secondary N) is 2. The molecule has 0 aromatic heterocycles.